The molecule has 9 nitrogen and oxygen atoms in total. The van der Waals surface area contributed by atoms with Gasteiger partial charge in [-0.3, -0.25) is 0 Å². The van der Waals surface area contributed by atoms with Crippen LogP contribution in [0.15, 0.2) is 30.3 Å². The van der Waals surface area contributed by atoms with Crippen LogP contribution in [0.5, 0.6) is 0 Å². The molecule has 0 atom stereocenters. The predicted molar refractivity (Wildman–Crippen MR) is 154 cm³/mol. The molecular weight excluding hydrogens is 545 g/mol. The van der Waals surface area contributed by atoms with Gasteiger partial charge in [0.1, 0.15) is 0 Å². The van der Waals surface area contributed by atoms with Crippen LogP contribution in [0.3, 0.4) is 0 Å². The summed E-state index contributed by atoms with van der Waals surface area (Å²) < 4.78 is 60.9. The predicted octanol–water partition coefficient (Wildman–Crippen LogP) is 3.72. The Morgan fingerprint density at radius 3 is 0.784 bits per heavy atom. The first kappa shape index (κ1) is 34.8. The first-order valence-electron chi connectivity index (χ1n) is 13.7. The lowest BCUT2D eigenvalue weighted by molar-refractivity contribution is 0.0655. The minimum absolute atomic E-state index is 0.359. The zero-order valence-electron chi connectivity index (χ0n) is 24.4. The normalized spacial score (nSPS) is 13.3. The van der Waals surface area contributed by atoms with Crippen LogP contribution in [0.4, 0.5) is 0 Å². The highest BCUT2D eigenvalue weighted by Gasteiger charge is 2.93. The SMILES string of the molecule is CCO[Si](OCC)(OCC)[Si](c1ccccc1)([Si](OCC)(OCC)OCC)[Si](OCC)(OCC)OCC. The third kappa shape index (κ3) is 6.90. The van der Waals surface area contributed by atoms with Crippen molar-refractivity contribution in [3.8, 4) is 0 Å². The number of rotatable bonds is 22. The first-order valence-corrected chi connectivity index (χ1v) is 23.9. The molecule has 0 bridgehead atoms. The molecule has 1 aromatic rings. The van der Waals surface area contributed by atoms with Gasteiger partial charge >= 0.3 is 31.6 Å². The van der Waals surface area contributed by atoms with Crippen molar-refractivity contribution in [1.82, 2.24) is 0 Å². The van der Waals surface area contributed by atoms with Gasteiger partial charge in [0.2, 0.25) is 0 Å². The van der Waals surface area contributed by atoms with Crippen molar-refractivity contribution in [3.63, 3.8) is 0 Å². The molecule has 0 unspecified atom stereocenters. The summed E-state index contributed by atoms with van der Waals surface area (Å²) in [6, 6.07) is 10.1. The molecule has 0 saturated heterocycles. The monoisotopic (exact) mass is 594 g/mol. The van der Waals surface area contributed by atoms with Crippen LogP contribution < -0.4 is 5.19 Å². The molecule has 1 aromatic carbocycles. The van der Waals surface area contributed by atoms with Crippen molar-refractivity contribution in [2.45, 2.75) is 62.3 Å². The molecular formula is C24H50O9Si4. The van der Waals surface area contributed by atoms with E-state index in [2.05, 4.69) is 12.1 Å². The smallest absolute Gasteiger partial charge is 0.376 e. The highest BCUT2D eigenvalue weighted by molar-refractivity contribution is 7.86. The Labute approximate surface area is 228 Å². The Balaban J connectivity index is 4.65. The summed E-state index contributed by atoms with van der Waals surface area (Å²) in [5, 5.41) is 0.918. The van der Waals surface area contributed by atoms with Crippen molar-refractivity contribution < 1.29 is 39.8 Å². The molecule has 0 aliphatic carbocycles. The van der Waals surface area contributed by atoms with Crippen molar-refractivity contribution in [2.75, 3.05) is 59.5 Å². The summed E-state index contributed by atoms with van der Waals surface area (Å²) in [6.45, 7) is 16.9. The number of hydrogen-bond acceptors (Lipinski definition) is 9. The Bertz CT molecular complexity index is 614. The van der Waals surface area contributed by atoms with Crippen LogP contribution in [0.1, 0.15) is 62.3 Å². The topological polar surface area (TPSA) is 83.1 Å². The van der Waals surface area contributed by atoms with Gasteiger partial charge in [-0.2, -0.15) is 0 Å². The molecule has 0 aliphatic heterocycles. The highest BCUT2D eigenvalue weighted by Crippen LogP contribution is 2.42. The van der Waals surface area contributed by atoms with Crippen molar-refractivity contribution in [2.24, 2.45) is 0 Å². The average molecular weight is 595 g/mol. The third-order valence-electron chi connectivity index (χ3n) is 5.59. The van der Waals surface area contributed by atoms with Crippen LogP contribution >= 0.6 is 0 Å². The van der Waals surface area contributed by atoms with Gasteiger partial charge in [-0.1, -0.05) is 30.3 Å². The third-order valence-corrected chi connectivity index (χ3v) is 46.9. The molecule has 0 radical (unpaired) electrons. The van der Waals surface area contributed by atoms with E-state index in [1.165, 1.54) is 0 Å². The van der Waals surface area contributed by atoms with Crippen molar-refractivity contribution >= 4 is 36.8 Å². The summed E-state index contributed by atoms with van der Waals surface area (Å²) in [5.41, 5.74) is 0. The first-order chi connectivity index (χ1) is 17.9. The molecule has 0 heterocycles. The number of benzene rings is 1. The Kier molecular flexibility index (Phi) is 16.4. The summed E-state index contributed by atoms with van der Waals surface area (Å²) in [6.07, 6.45) is 0. The lowest BCUT2D eigenvalue weighted by Crippen LogP contribution is -2.99. The fraction of sp³-hybridized carbons (Fsp3) is 0.750. The molecule has 0 aromatic heterocycles. The maximum Gasteiger partial charge on any atom is 0.488 e. The Hall–Kier alpha value is -0.272. The average Bonchev–Trinajstić information content (AvgIpc) is 2.86. The van der Waals surface area contributed by atoms with Gasteiger partial charge in [0, 0.05) is 59.5 Å². The van der Waals surface area contributed by atoms with Gasteiger partial charge in [0.05, 0.1) is 0 Å². The molecule has 37 heavy (non-hydrogen) atoms. The van der Waals surface area contributed by atoms with E-state index in [-0.39, 0.29) is 0 Å². The molecule has 0 spiro atoms. The van der Waals surface area contributed by atoms with Crippen LogP contribution in [-0.4, -0.2) is 91.1 Å². The van der Waals surface area contributed by atoms with Crippen LogP contribution in [0, 0.1) is 0 Å². The molecule has 0 N–H and O–H groups in total. The minimum Gasteiger partial charge on any atom is -0.376 e. The van der Waals surface area contributed by atoms with Crippen LogP contribution in [0.2, 0.25) is 0 Å². The Morgan fingerprint density at radius 2 is 0.595 bits per heavy atom. The number of hydrogen-bond donors (Lipinski definition) is 0. The Morgan fingerprint density at radius 1 is 0.378 bits per heavy atom. The molecule has 0 amide bonds. The molecule has 1 rings (SSSR count). The summed E-state index contributed by atoms with van der Waals surface area (Å²) in [4.78, 5) is 0. The second-order valence-electron chi connectivity index (χ2n) is 7.68. The van der Waals surface area contributed by atoms with Crippen LogP contribution in [0.25, 0.3) is 0 Å². The highest BCUT2D eigenvalue weighted by atomic mass is 30.0. The second kappa shape index (κ2) is 17.4. The minimum atomic E-state index is -3.80. The van der Waals surface area contributed by atoms with Gasteiger partial charge in [0.15, 0.2) is 0 Å². The fourth-order valence-corrected chi connectivity index (χ4v) is 53.5. The standard InChI is InChI=1S/C24H50O9Si4/c1-10-25-35(26-11-2,27-12-3)34(24-22-20-19-21-23-24,36(28-13-4,29-14-5)30-15-6)37(31-16-7,32-17-8)33-18-9/h19-23H,10-18H2,1-9H3. The van der Waals surface area contributed by atoms with E-state index in [1.54, 1.807) is 0 Å². The van der Waals surface area contributed by atoms with Gasteiger partial charge in [-0.25, -0.2) is 0 Å². The van der Waals surface area contributed by atoms with E-state index in [4.69, 9.17) is 39.8 Å². The zero-order chi connectivity index (χ0) is 27.8. The van der Waals surface area contributed by atoms with E-state index in [0.29, 0.717) is 59.5 Å². The molecule has 0 aliphatic rings. The molecule has 13 heteroatoms. The molecule has 216 valence electrons. The van der Waals surface area contributed by atoms with Gasteiger partial charge in [-0.05, 0) is 67.5 Å². The maximum atomic E-state index is 6.77. The van der Waals surface area contributed by atoms with Crippen molar-refractivity contribution in [3.05, 3.63) is 30.3 Å². The molecule has 0 fully saturated rings. The summed E-state index contributed by atoms with van der Waals surface area (Å²) >= 11 is 0. The van der Waals surface area contributed by atoms with E-state index in [0.717, 1.165) is 5.19 Å². The van der Waals surface area contributed by atoms with Crippen molar-refractivity contribution in [1.29, 1.82) is 0 Å². The largest absolute Gasteiger partial charge is 0.488 e. The summed E-state index contributed by atoms with van der Waals surface area (Å²) in [7, 11) is -11.4. The van der Waals surface area contributed by atoms with E-state index >= 15 is 0 Å². The lowest BCUT2D eigenvalue weighted by atomic mass is 10.4. The van der Waals surface area contributed by atoms with Gasteiger partial charge in [0.25, 0.3) is 0 Å². The van der Waals surface area contributed by atoms with Gasteiger partial charge in [-0.15, -0.1) is 0 Å². The lowest BCUT2D eigenvalue weighted by Gasteiger charge is -2.54. The van der Waals surface area contributed by atoms with E-state index < -0.39 is 31.6 Å². The quantitative estimate of drug-likeness (QED) is 0.187. The van der Waals surface area contributed by atoms with E-state index in [1.807, 2.05) is 80.5 Å². The van der Waals surface area contributed by atoms with E-state index in [9.17, 15) is 0 Å². The molecule has 0 saturated carbocycles. The van der Waals surface area contributed by atoms with Crippen LogP contribution in [-0.2, 0) is 39.8 Å². The fourth-order valence-electron chi connectivity index (χ4n) is 4.84. The maximum absolute atomic E-state index is 6.77. The van der Waals surface area contributed by atoms with Gasteiger partial charge < -0.3 is 39.8 Å². The second-order valence-corrected chi connectivity index (χ2v) is 32.5. The zero-order valence-corrected chi connectivity index (χ0v) is 28.4. The summed E-state index contributed by atoms with van der Waals surface area (Å²) in [5.74, 6) is 0.